The Morgan fingerprint density at radius 2 is 2.03 bits per heavy atom. The lowest BCUT2D eigenvalue weighted by Gasteiger charge is -2.26. The molecule has 3 aromatic rings. The van der Waals surface area contributed by atoms with Crippen LogP contribution in [0.3, 0.4) is 0 Å². The molecule has 1 aliphatic rings. The van der Waals surface area contributed by atoms with E-state index in [1.807, 2.05) is 13.0 Å². The molecule has 0 saturated carbocycles. The molecule has 1 aromatic carbocycles. The minimum absolute atomic E-state index is 0.135. The number of hydrogen-bond donors (Lipinski definition) is 4. The number of anilines is 3. The zero-order valence-electron chi connectivity index (χ0n) is 17.5. The van der Waals surface area contributed by atoms with Crippen LogP contribution >= 0.6 is 11.3 Å². The molecular formula is C21H23N7O3S. The maximum absolute atomic E-state index is 12.6. The number of aromatic nitrogens is 3. The Morgan fingerprint density at radius 3 is 2.84 bits per heavy atom. The molecule has 0 radical (unpaired) electrons. The minimum Gasteiger partial charge on any atom is -0.395 e. The van der Waals surface area contributed by atoms with E-state index in [0.717, 1.165) is 35.2 Å². The number of hydrogen-bond acceptors (Lipinski definition) is 8. The van der Waals surface area contributed by atoms with Crippen molar-refractivity contribution in [2.75, 3.05) is 35.2 Å². The van der Waals surface area contributed by atoms with Gasteiger partial charge in [0, 0.05) is 30.6 Å². The van der Waals surface area contributed by atoms with E-state index in [4.69, 9.17) is 5.11 Å². The lowest BCUT2D eigenvalue weighted by molar-refractivity contribution is 0.0945. The smallest absolute Gasteiger partial charge is 0.325 e. The van der Waals surface area contributed by atoms with E-state index in [1.54, 1.807) is 30.5 Å². The number of benzene rings is 1. The van der Waals surface area contributed by atoms with E-state index < -0.39 is 6.03 Å². The Hall–Kier alpha value is -3.57. The Bertz CT molecular complexity index is 1130. The van der Waals surface area contributed by atoms with Gasteiger partial charge in [-0.15, -0.1) is 0 Å². The van der Waals surface area contributed by atoms with Crippen molar-refractivity contribution in [1.29, 1.82) is 0 Å². The van der Waals surface area contributed by atoms with Crippen molar-refractivity contribution < 1.29 is 14.7 Å². The van der Waals surface area contributed by atoms with Gasteiger partial charge in [0.25, 0.3) is 5.91 Å². The fourth-order valence-electron chi connectivity index (χ4n) is 3.37. The van der Waals surface area contributed by atoms with Crippen LogP contribution in [0, 0.1) is 6.92 Å². The molecule has 166 valence electrons. The van der Waals surface area contributed by atoms with Crippen LogP contribution < -0.4 is 20.9 Å². The first-order valence-electron chi connectivity index (χ1n) is 10.1. The molecule has 0 saturated heterocycles. The second-order valence-corrected chi connectivity index (χ2v) is 8.21. The maximum atomic E-state index is 12.6. The molecule has 3 amide bonds. The van der Waals surface area contributed by atoms with Gasteiger partial charge in [-0.1, -0.05) is 23.5 Å². The number of rotatable bonds is 6. The molecular weight excluding hydrogens is 430 g/mol. The number of carbonyl (C=O) groups excluding carboxylic acids is 2. The number of amides is 3. The zero-order chi connectivity index (χ0) is 22.5. The zero-order valence-corrected chi connectivity index (χ0v) is 18.3. The van der Waals surface area contributed by atoms with Crippen LogP contribution in [0.15, 0.2) is 36.5 Å². The molecule has 0 spiro atoms. The van der Waals surface area contributed by atoms with Gasteiger partial charge in [0.2, 0.25) is 0 Å². The SMILES string of the molecule is Cc1nccc(N2CCc3nc(NC(=O)Nc4ccccc4C(=O)NCCO)sc3C2)n1. The number of aryl methyl sites for hydroxylation is 1. The average molecular weight is 454 g/mol. The fraction of sp³-hybridized carbons (Fsp3) is 0.286. The molecule has 0 unspecified atom stereocenters. The van der Waals surface area contributed by atoms with Gasteiger partial charge in [0.1, 0.15) is 11.6 Å². The maximum Gasteiger partial charge on any atom is 0.325 e. The van der Waals surface area contributed by atoms with Crippen molar-refractivity contribution in [3.8, 4) is 0 Å². The van der Waals surface area contributed by atoms with Crippen molar-refractivity contribution in [2.45, 2.75) is 19.9 Å². The number of aliphatic hydroxyl groups is 1. The molecule has 0 bridgehead atoms. The quantitative estimate of drug-likeness (QED) is 0.450. The predicted molar refractivity (Wildman–Crippen MR) is 122 cm³/mol. The highest BCUT2D eigenvalue weighted by molar-refractivity contribution is 7.15. The van der Waals surface area contributed by atoms with Gasteiger partial charge in [-0.25, -0.2) is 19.7 Å². The number of thiazole rings is 1. The Kier molecular flexibility index (Phi) is 6.57. The van der Waals surface area contributed by atoms with Gasteiger partial charge in [-0.05, 0) is 25.1 Å². The number of carbonyl (C=O) groups is 2. The summed E-state index contributed by atoms with van der Waals surface area (Å²) in [6.45, 7) is 3.29. The summed E-state index contributed by atoms with van der Waals surface area (Å²) in [4.78, 5) is 41.2. The summed E-state index contributed by atoms with van der Waals surface area (Å²) in [7, 11) is 0. The Morgan fingerprint density at radius 1 is 1.19 bits per heavy atom. The number of para-hydroxylation sites is 1. The van der Waals surface area contributed by atoms with Gasteiger partial charge in [0.15, 0.2) is 5.13 Å². The highest BCUT2D eigenvalue weighted by Crippen LogP contribution is 2.30. The van der Waals surface area contributed by atoms with Crippen LogP contribution in [-0.4, -0.2) is 51.7 Å². The van der Waals surface area contributed by atoms with Gasteiger partial charge < -0.3 is 20.6 Å². The standard InChI is InChI=1S/C21H23N7O3S/c1-13-22-8-6-18(24-13)28-10-7-16-17(12-28)32-21(26-16)27-20(31)25-15-5-3-2-4-14(15)19(30)23-9-11-29/h2-6,8,29H,7,9-12H2,1H3,(H,23,30)(H2,25,26,27,31). The van der Waals surface area contributed by atoms with Crippen LogP contribution in [0.4, 0.5) is 21.4 Å². The van der Waals surface area contributed by atoms with Crippen LogP contribution in [0.25, 0.3) is 0 Å². The summed E-state index contributed by atoms with van der Waals surface area (Å²) >= 11 is 1.42. The number of nitrogens with one attached hydrogen (secondary N) is 3. The Balaban J connectivity index is 1.41. The first kappa shape index (κ1) is 21.7. The number of urea groups is 1. The molecule has 0 aliphatic carbocycles. The predicted octanol–water partition coefficient (Wildman–Crippen LogP) is 2.17. The third-order valence-electron chi connectivity index (χ3n) is 4.85. The molecule has 32 heavy (non-hydrogen) atoms. The molecule has 4 N–H and O–H groups in total. The minimum atomic E-state index is -0.484. The summed E-state index contributed by atoms with van der Waals surface area (Å²) < 4.78 is 0. The van der Waals surface area contributed by atoms with Crippen molar-refractivity contribution in [3.63, 3.8) is 0 Å². The van der Waals surface area contributed by atoms with Crippen LogP contribution in [0.2, 0.25) is 0 Å². The molecule has 0 fully saturated rings. The van der Waals surface area contributed by atoms with Gasteiger partial charge in [-0.2, -0.15) is 0 Å². The molecule has 4 rings (SSSR count). The third kappa shape index (κ3) is 5.01. The summed E-state index contributed by atoms with van der Waals surface area (Å²) in [5, 5.41) is 17.4. The van der Waals surface area contributed by atoms with E-state index in [9.17, 15) is 9.59 Å². The number of nitrogens with zero attached hydrogens (tertiary/aromatic N) is 4. The second-order valence-electron chi connectivity index (χ2n) is 7.13. The Labute approximate surface area is 188 Å². The highest BCUT2D eigenvalue weighted by Gasteiger charge is 2.23. The van der Waals surface area contributed by atoms with E-state index in [1.165, 1.54) is 11.3 Å². The molecule has 0 atom stereocenters. The van der Waals surface area contributed by atoms with Crippen molar-refractivity contribution in [2.24, 2.45) is 0 Å². The topological polar surface area (TPSA) is 132 Å². The first-order chi connectivity index (χ1) is 15.5. The normalized spacial score (nSPS) is 12.8. The van der Waals surface area contributed by atoms with Gasteiger partial charge in [-0.3, -0.25) is 10.1 Å². The summed E-state index contributed by atoms with van der Waals surface area (Å²) in [6, 6.07) is 8.08. The van der Waals surface area contributed by atoms with E-state index in [2.05, 4.69) is 35.8 Å². The highest BCUT2D eigenvalue weighted by atomic mass is 32.1. The van der Waals surface area contributed by atoms with Crippen molar-refractivity contribution in [3.05, 3.63) is 58.5 Å². The van der Waals surface area contributed by atoms with E-state index >= 15 is 0 Å². The summed E-state index contributed by atoms with van der Waals surface area (Å²) in [6.07, 6.45) is 2.51. The molecule has 11 heteroatoms. The monoisotopic (exact) mass is 453 g/mol. The number of fused-ring (bicyclic) bond motifs is 1. The van der Waals surface area contributed by atoms with E-state index in [-0.39, 0.29) is 19.1 Å². The van der Waals surface area contributed by atoms with E-state index in [0.29, 0.717) is 22.9 Å². The van der Waals surface area contributed by atoms with Crippen molar-refractivity contribution in [1.82, 2.24) is 20.3 Å². The van der Waals surface area contributed by atoms with Crippen LogP contribution in [0.1, 0.15) is 26.8 Å². The summed E-state index contributed by atoms with van der Waals surface area (Å²) in [5.41, 5.74) is 1.65. The van der Waals surface area contributed by atoms with Gasteiger partial charge >= 0.3 is 6.03 Å². The number of aliphatic hydroxyl groups excluding tert-OH is 1. The molecule has 3 heterocycles. The molecule has 10 nitrogen and oxygen atoms in total. The lowest BCUT2D eigenvalue weighted by atomic mass is 10.1. The van der Waals surface area contributed by atoms with Gasteiger partial charge in [0.05, 0.1) is 30.1 Å². The third-order valence-corrected chi connectivity index (χ3v) is 5.85. The molecule has 2 aromatic heterocycles. The molecule has 1 aliphatic heterocycles. The van der Waals surface area contributed by atoms with Crippen LogP contribution in [-0.2, 0) is 13.0 Å². The summed E-state index contributed by atoms with van der Waals surface area (Å²) in [5.74, 6) is 1.22. The average Bonchev–Trinajstić information content (AvgIpc) is 3.19. The van der Waals surface area contributed by atoms with Crippen LogP contribution in [0.5, 0.6) is 0 Å². The van der Waals surface area contributed by atoms with Crippen molar-refractivity contribution >= 4 is 39.9 Å². The lowest BCUT2D eigenvalue weighted by Crippen LogP contribution is -2.30. The second kappa shape index (κ2) is 9.71. The fourth-order valence-corrected chi connectivity index (χ4v) is 4.39. The largest absolute Gasteiger partial charge is 0.395 e. The first-order valence-corrected chi connectivity index (χ1v) is 10.9.